The van der Waals surface area contributed by atoms with Gasteiger partial charge in [0.05, 0.1) is 0 Å². The molecule has 0 aromatic heterocycles. The van der Waals surface area contributed by atoms with Crippen molar-refractivity contribution in [1.29, 1.82) is 0 Å². The molecule has 0 aliphatic rings. The maximum Gasteiger partial charge on any atom is 0.276 e. The first-order valence-electron chi connectivity index (χ1n) is 7.00. The summed E-state index contributed by atoms with van der Waals surface area (Å²) in [4.78, 5) is 23.5. The van der Waals surface area contributed by atoms with E-state index in [1.54, 1.807) is 30.3 Å². The normalized spacial score (nSPS) is 10.0. The number of rotatable bonds is 4. The third-order valence-electron chi connectivity index (χ3n) is 3.13. The van der Waals surface area contributed by atoms with E-state index in [4.69, 9.17) is 16.3 Å². The van der Waals surface area contributed by atoms with Crippen molar-refractivity contribution in [3.8, 4) is 5.75 Å². The molecule has 0 saturated carbocycles. The van der Waals surface area contributed by atoms with Crippen molar-refractivity contribution in [2.75, 3.05) is 6.61 Å². The van der Waals surface area contributed by atoms with E-state index in [1.165, 1.54) is 0 Å². The van der Waals surface area contributed by atoms with Crippen LogP contribution in [-0.4, -0.2) is 18.4 Å². The molecule has 2 N–H and O–H groups in total. The van der Waals surface area contributed by atoms with Crippen LogP contribution < -0.4 is 15.6 Å². The highest BCUT2D eigenvalue weighted by Crippen LogP contribution is 2.20. The summed E-state index contributed by atoms with van der Waals surface area (Å²) in [6.45, 7) is 3.56. The van der Waals surface area contributed by atoms with Gasteiger partial charge in [-0.15, -0.1) is 0 Å². The van der Waals surface area contributed by atoms with Gasteiger partial charge in [-0.1, -0.05) is 29.3 Å². The van der Waals surface area contributed by atoms with Gasteiger partial charge in [-0.3, -0.25) is 20.4 Å². The Balaban J connectivity index is 1.79. The van der Waals surface area contributed by atoms with E-state index in [0.29, 0.717) is 16.3 Å². The van der Waals surface area contributed by atoms with Crippen LogP contribution in [0.4, 0.5) is 0 Å². The largest absolute Gasteiger partial charge is 0.484 e. The maximum atomic E-state index is 11.8. The summed E-state index contributed by atoms with van der Waals surface area (Å²) >= 11 is 5.91. The average molecular weight is 333 g/mol. The summed E-state index contributed by atoms with van der Waals surface area (Å²) < 4.78 is 5.34. The Bertz CT molecular complexity index is 714. The standard InChI is InChI=1S/C17H17ClN2O3/c1-11-3-5-13(6-4-11)17(22)20-19-16(21)10-23-14-7-8-15(18)12(2)9-14/h3-9H,10H2,1-2H3,(H,19,21)(H,20,22). The van der Waals surface area contributed by atoms with Crippen LogP contribution in [-0.2, 0) is 4.79 Å². The molecule has 0 aliphatic carbocycles. The summed E-state index contributed by atoms with van der Waals surface area (Å²) in [5.41, 5.74) is 7.01. The van der Waals surface area contributed by atoms with Gasteiger partial charge in [0.15, 0.2) is 6.61 Å². The highest BCUT2D eigenvalue weighted by Gasteiger charge is 2.08. The van der Waals surface area contributed by atoms with E-state index in [2.05, 4.69) is 10.9 Å². The third kappa shape index (κ3) is 5.00. The van der Waals surface area contributed by atoms with E-state index in [9.17, 15) is 9.59 Å². The second-order valence-corrected chi connectivity index (χ2v) is 5.48. The van der Waals surface area contributed by atoms with Crippen molar-refractivity contribution in [3.63, 3.8) is 0 Å². The monoisotopic (exact) mass is 332 g/mol. The van der Waals surface area contributed by atoms with E-state index in [1.807, 2.05) is 26.0 Å². The molecule has 0 saturated heterocycles. The Morgan fingerprint density at radius 1 is 1.04 bits per heavy atom. The lowest BCUT2D eigenvalue weighted by Gasteiger charge is -2.09. The summed E-state index contributed by atoms with van der Waals surface area (Å²) in [5, 5.41) is 0.632. The van der Waals surface area contributed by atoms with Crippen molar-refractivity contribution in [2.45, 2.75) is 13.8 Å². The van der Waals surface area contributed by atoms with Gasteiger partial charge in [-0.05, 0) is 49.7 Å². The highest BCUT2D eigenvalue weighted by atomic mass is 35.5. The molecule has 0 fully saturated rings. The molecular formula is C17H17ClN2O3. The van der Waals surface area contributed by atoms with Crippen LogP contribution in [0.3, 0.4) is 0 Å². The lowest BCUT2D eigenvalue weighted by Crippen LogP contribution is -2.43. The molecule has 0 heterocycles. The zero-order valence-corrected chi connectivity index (χ0v) is 13.6. The van der Waals surface area contributed by atoms with Crippen molar-refractivity contribution in [1.82, 2.24) is 10.9 Å². The summed E-state index contributed by atoms with van der Waals surface area (Å²) in [7, 11) is 0. The second-order valence-electron chi connectivity index (χ2n) is 5.07. The fraction of sp³-hybridized carbons (Fsp3) is 0.176. The first kappa shape index (κ1) is 16.8. The summed E-state index contributed by atoms with van der Waals surface area (Å²) in [6, 6.07) is 12.1. The molecule has 0 atom stereocenters. The van der Waals surface area contributed by atoms with Crippen molar-refractivity contribution in [2.24, 2.45) is 0 Å². The number of carbonyl (C=O) groups excluding carboxylic acids is 2. The topological polar surface area (TPSA) is 67.4 Å². The molecule has 0 aliphatic heterocycles. The first-order chi connectivity index (χ1) is 11.0. The Morgan fingerprint density at radius 2 is 1.74 bits per heavy atom. The lowest BCUT2D eigenvalue weighted by molar-refractivity contribution is -0.123. The van der Waals surface area contributed by atoms with Crippen LogP contribution >= 0.6 is 11.6 Å². The fourth-order valence-corrected chi connectivity index (χ4v) is 1.91. The molecule has 5 nitrogen and oxygen atoms in total. The molecule has 120 valence electrons. The number of hydrazine groups is 1. The van der Waals surface area contributed by atoms with Crippen LogP contribution in [0.1, 0.15) is 21.5 Å². The minimum Gasteiger partial charge on any atom is -0.484 e. The number of amides is 2. The number of ether oxygens (including phenoxy) is 1. The van der Waals surface area contributed by atoms with E-state index < -0.39 is 5.91 Å². The average Bonchev–Trinajstić information content (AvgIpc) is 2.54. The number of hydrogen-bond acceptors (Lipinski definition) is 3. The van der Waals surface area contributed by atoms with Crippen LogP contribution in [0.15, 0.2) is 42.5 Å². The zero-order valence-electron chi connectivity index (χ0n) is 12.9. The van der Waals surface area contributed by atoms with Crippen LogP contribution in [0.2, 0.25) is 5.02 Å². The van der Waals surface area contributed by atoms with Crippen LogP contribution in [0.5, 0.6) is 5.75 Å². The molecule has 6 heteroatoms. The number of nitrogens with one attached hydrogen (secondary N) is 2. The lowest BCUT2D eigenvalue weighted by atomic mass is 10.1. The smallest absolute Gasteiger partial charge is 0.276 e. The van der Waals surface area contributed by atoms with E-state index in [-0.39, 0.29) is 12.5 Å². The second kappa shape index (κ2) is 7.65. The molecule has 2 aromatic rings. The van der Waals surface area contributed by atoms with Crippen molar-refractivity contribution < 1.29 is 14.3 Å². The van der Waals surface area contributed by atoms with Gasteiger partial charge < -0.3 is 4.74 Å². The minimum atomic E-state index is -0.460. The minimum absolute atomic E-state index is 0.213. The molecule has 0 bridgehead atoms. The molecular weight excluding hydrogens is 316 g/mol. The van der Waals surface area contributed by atoms with Gasteiger partial charge in [0.1, 0.15) is 5.75 Å². The van der Waals surface area contributed by atoms with Gasteiger partial charge >= 0.3 is 0 Å². The Labute approximate surface area is 139 Å². The predicted molar refractivity (Wildman–Crippen MR) is 88.5 cm³/mol. The molecule has 0 unspecified atom stereocenters. The quantitative estimate of drug-likeness (QED) is 0.846. The van der Waals surface area contributed by atoms with Crippen molar-refractivity contribution in [3.05, 3.63) is 64.2 Å². The van der Waals surface area contributed by atoms with Gasteiger partial charge in [0.2, 0.25) is 0 Å². The first-order valence-corrected chi connectivity index (χ1v) is 7.38. The highest BCUT2D eigenvalue weighted by molar-refractivity contribution is 6.31. The number of hydrogen-bond donors (Lipinski definition) is 2. The number of aryl methyl sites for hydroxylation is 2. The van der Waals surface area contributed by atoms with Gasteiger partial charge in [0, 0.05) is 10.6 Å². The molecule has 23 heavy (non-hydrogen) atoms. The molecule has 2 rings (SSSR count). The molecule has 0 spiro atoms. The van der Waals surface area contributed by atoms with E-state index >= 15 is 0 Å². The van der Waals surface area contributed by atoms with Crippen LogP contribution in [0.25, 0.3) is 0 Å². The number of benzene rings is 2. The van der Waals surface area contributed by atoms with E-state index in [0.717, 1.165) is 11.1 Å². The Kier molecular flexibility index (Phi) is 5.60. The molecule has 0 radical (unpaired) electrons. The third-order valence-corrected chi connectivity index (χ3v) is 3.55. The maximum absolute atomic E-state index is 11.8. The Morgan fingerprint density at radius 3 is 2.39 bits per heavy atom. The fourth-order valence-electron chi connectivity index (χ4n) is 1.80. The van der Waals surface area contributed by atoms with Crippen molar-refractivity contribution >= 4 is 23.4 Å². The number of carbonyl (C=O) groups is 2. The van der Waals surface area contributed by atoms with Gasteiger partial charge in [0.25, 0.3) is 11.8 Å². The van der Waals surface area contributed by atoms with Crippen LogP contribution in [0, 0.1) is 13.8 Å². The van der Waals surface area contributed by atoms with Gasteiger partial charge in [-0.2, -0.15) is 0 Å². The van der Waals surface area contributed by atoms with Gasteiger partial charge in [-0.25, -0.2) is 0 Å². The SMILES string of the molecule is Cc1ccc(C(=O)NNC(=O)COc2ccc(Cl)c(C)c2)cc1. The summed E-state index contributed by atoms with van der Waals surface area (Å²) in [5.74, 6) is -0.314. The zero-order chi connectivity index (χ0) is 16.8. The molecule has 2 aromatic carbocycles. The number of halogens is 1. The summed E-state index contributed by atoms with van der Waals surface area (Å²) in [6.07, 6.45) is 0. The molecule has 2 amide bonds. The Hall–Kier alpha value is -2.53. The predicted octanol–water partition coefficient (Wildman–Crippen LogP) is 2.80.